The van der Waals surface area contributed by atoms with Crippen LogP contribution in [0.1, 0.15) is 40.5 Å². The van der Waals surface area contributed by atoms with Crippen LogP contribution >= 0.6 is 0 Å². The maximum absolute atomic E-state index is 12.1. The van der Waals surface area contributed by atoms with Gasteiger partial charge in [-0.1, -0.05) is 0 Å². The van der Waals surface area contributed by atoms with E-state index in [9.17, 15) is 9.00 Å². The fraction of sp³-hybridized carbons (Fsp3) is 0.889. The second-order valence-electron chi connectivity index (χ2n) is 7.91. The van der Waals surface area contributed by atoms with Crippen molar-refractivity contribution < 1.29 is 9.00 Å². The molecular weight excluding hydrogens is 350 g/mol. The molecule has 0 saturated carbocycles. The highest BCUT2D eigenvalue weighted by Crippen LogP contribution is 2.12. The number of guanidine groups is 1. The number of piperidine rings is 1. The number of nitrogens with zero attached hydrogens (tertiary/aromatic N) is 3. The Kier molecular flexibility index (Phi) is 9.57. The van der Waals surface area contributed by atoms with Crippen molar-refractivity contribution in [1.29, 1.82) is 0 Å². The van der Waals surface area contributed by atoms with Crippen LogP contribution in [0, 0.1) is 0 Å². The molecule has 1 heterocycles. The minimum atomic E-state index is -0.884. The molecule has 1 unspecified atom stereocenters. The SMILES string of the molecule is CCNC(=NCCS(=O)C(C)(C)C)NC1CCN(CC(=O)N(C)C)CC1. The summed E-state index contributed by atoms with van der Waals surface area (Å²) in [6, 6.07) is 0.353. The molecule has 1 amide bonds. The lowest BCUT2D eigenvalue weighted by atomic mass is 10.1. The minimum Gasteiger partial charge on any atom is -0.357 e. The molecule has 1 fully saturated rings. The number of carbonyl (C=O) groups excluding carboxylic acids is 1. The Bertz CT molecular complexity index is 494. The first-order valence-corrected chi connectivity index (χ1v) is 10.8. The molecule has 1 aliphatic rings. The van der Waals surface area contributed by atoms with E-state index in [-0.39, 0.29) is 10.7 Å². The molecule has 26 heavy (non-hydrogen) atoms. The van der Waals surface area contributed by atoms with Gasteiger partial charge in [-0.15, -0.1) is 0 Å². The largest absolute Gasteiger partial charge is 0.357 e. The summed E-state index contributed by atoms with van der Waals surface area (Å²) in [5.41, 5.74) is 0. The van der Waals surface area contributed by atoms with E-state index in [1.165, 1.54) is 0 Å². The molecule has 2 N–H and O–H groups in total. The number of hydrogen-bond acceptors (Lipinski definition) is 4. The van der Waals surface area contributed by atoms with Crippen molar-refractivity contribution in [3.8, 4) is 0 Å². The molecule has 8 heteroatoms. The Morgan fingerprint density at radius 2 is 1.88 bits per heavy atom. The molecule has 0 spiro atoms. The van der Waals surface area contributed by atoms with Crippen molar-refractivity contribution in [3.05, 3.63) is 0 Å². The van der Waals surface area contributed by atoms with Gasteiger partial charge in [-0.2, -0.15) is 0 Å². The fourth-order valence-corrected chi connectivity index (χ4v) is 3.50. The van der Waals surface area contributed by atoms with Crippen LogP contribution in [-0.2, 0) is 15.6 Å². The molecular formula is C18H37N5O2S. The number of likely N-dealkylation sites (N-methyl/N-ethyl adjacent to an activating group) is 1. The predicted molar refractivity (Wildman–Crippen MR) is 110 cm³/mol. The summed E-state index contributed by atoms with van der Waals surface area (Å²) in [6.45, 7) is 11.7. The van der Waals surface area contributed by atoms with E-state index in [1.54, 1.807) is 19.0 Å². The Labute approximate surface area is 161 Å². The Morgan fingerprint density at radius 3 is 2.38 bits per heavy atom. The van der Waals surface area contributed by atoms with E-state index >= 15 is 0 Å². The maximum Gasteiger partial charge on any atom is 0.236 e. The lowest BCUT2D eigenvalue weighted by Gasteiger charge is -2.33. The lowest BCUT2D eigenvalue weighted by molar-refractivity contribution is -0.130. The Balaban J connectivity index is 2.45. The number of nitrogens with one attached hydrogen (secondary N) is 2. The highest BCUT2D eigenvalue weighted by Gasteiger charge is 2.22. The smallest absolute Gasteiger partial charge is 0.236 e. The van der Waals surface area contributed by atoms with Crippen LogP contribution in [0.3, 0.4) is 0 Å². The van der Waals surface area contributed by atoms with Crippen molar-refractivity contribution in [2.24, 2.45) is 4.99 Å². The summed E-state index contributed by atoms with van der Waals surface area (Å²) < 4.78 is 11.9. The van der Waals surface area contributed by atoms with Crippen molar-refractivity contribution in [3.63, 3.8) is 0 Å². The normalized spacial score (nSPS) is 18.5. The maximum atomic E-state index is 12.1. The minimum absolute atomic E-state index is 0.151. The third-order valence-electron chi connectivity index (χ3n) is 4.36. The summed E-state index contributed by atoms with van der Waals surface area (Å²) in [7, 11) is 2.70. The van der Waals surface area contributed by atoms with Gasteiger partial charge in [0.25, 0.3) is 0 Å². The zero-order valence-corrected chi connectivity index (χ0v) is 18.1. The van der Waals surface area contributed by atoms with E-state index in [2.05, 4.69) is 20.5 Å². The molecule has 0 aromatic heterocycles. The number of hydrogen-bond donors (Lipinski definition) is 2. The third-order valence-corrected chi connectivity index (χ3v) is 6.28. The van der Waals surface area contributed by atoms with Gasteiger partial charge in [-0.3, -0.25) is 18.9 Å². The van der Waals surface area contributed by atoms with Gasteiger partial charge in [-0.05, 0) is 40.5 Å². The van der Waals surface area contributed by atoms with E-state index in [1.807, 2.05) is 27.7 Å². The molecule has 0 aromatic carbocycles. The first-order valence-electron chi connectivity index (χ1n) is 9.49. The zero-order chi connectivity index (χ0) is 19.7. The van der Waals surface area contributed by atoms with Gasteiger partial charge in [0.05, 0.1) is 13.1 Å². The first kappa shape index (κ1) is 22.9. The third kappa shape index (κ3) is 8.49. The van der Waals surface area contributed by atoms with Gasteiger partial charge in [0.15, 0.2) is 5.96 Å². The lowest BCUT2D eigenvalue weighted by Crippen LogP contribution is -2.50. The van der Waals surface area contributed by atoms with Crippen LogP contribution in [0.4, 0.5) is 0 Å². The molecule has 152 valence electrons. The van der Waals surface area contributed by atoms with Gasteiger partial charge in [0.2, 0.25) is 5.91 Å². The number of likely N-dealkylation sites (tertiary alicyclic amines) is 1. The molecule has 1 atom stereocenters. The predicted octanol–water partition coefficient (Wildman–Crippen LogP) is 0.641. The second-order valence-corrected chi connectivity index (χ2v) is 10.2. The van der Waals surface area contributed by atoms with Crippen LogP contribution in [-0.4, -0.2) is 89.2 Å². The Hall–Kier alpha value is -1.15. The van der Waals surface area contributed by atoms with Crippen LogP contribution in [0.2, 0.25) is 0 Å². The first-order chi connectivity index (χ1) is 12.1. The van der Waals surface area contributed by atoms with Crippen molar-refractivity contribution in [2.75, 3.05) is 52.6 Å². The molecule has 0 aromatic rings. The van der Waals surface area contributed by atoms with Gasteiger partial charge in [0.1, 0.15) is 0 Å². The van der Waals surface area contributed by atoms with Gasteiger partial charge in [-0.25, -0.2) is 0 Å². The van der Waals surface area contributed by atoms with Gasteiger partial charge >= 0.3 is 0 Å². The van der Waals surface area contributed by atoms with Crippen molar-refractivity contribution >= 4 is 22.7 Å². The van der Waals surface area contributed by atoms with Crippen molar-refractivity contribution in [2.45, 2.75) is 51.3 Å². The molecule has 7 nitrogen and oxygen atoms in total. The van der Waals surface area contributed by atoms with Crippen molar-refractivity contribution in [1.82, 2.24) is 20.4 Å². The standard InChI is InChI=1S/C18H37N5O2S/c1-7-19-17(20-10-13-26(25)18(2,3)4)21-15-8-11-23(12-9-15)14-16(24)22(5)6/h15H,7-14H2,1-6H3,(H2,19,20,21). The zero-order valence-electron chi connectivity index (χ0n) is 17.3. The summed E-state index contributed by atoms with van der Waals surface area (Å²) >= 11 is 0. The van der Waals surface area contributed by atoms with Gasteiger partial charge in [0, 0.05) is 61.1 Å². The van der Waals surface area contributed by atoms with E-state index in [0.29, 0.717) is 24.9 Å². The molecule has 1 aliphatic heterocycles. The Morgan fingerprint density at radius 1 is 1.27 bits per heavy atom. The van der Waals surface area contributed by atoms with Crippen LogP contribution in [0.5, 0.6) is 0 Å². The quantitative estimate of drug-likeness (QED) is 0.495. The molecule has 1 saturated heterocycles. The molecule has 0 aliphatic carbocycles. The summed E-state index contributed by atoms with van der Waals surface area (Å²) in [5, 5.41) is 6.75. The summed E-state index contributed by atoms with van der Waals surface area (Å²) in [4.78, 5) is 20.2. The number of carbonyl (C=O) groups is 1. The van der Waals surface area contributed by atoms with Crippen LogP contribution < -0.4 is 10.6 Å². The number of rotatable bonds is 7. The van der Waals surface area contributed by atoms with Gasteiger partial charge < -0.3 is 15.5 Å². The molecule has 0 bridgehead atoms. The average Bonchev–Trinajstić information content (AvgIpc) is 2.55. The summed E-state index contributed by atoms with van der Waals surface area (Å²) in [5.74, 6) is 1.52. The topological polar surface area (TPSA) is 77.0 Å². The fourth-order valence-electron chi connectivity index (χ4n) is 2.63. The average molecular weight is 388 g/mol. The second kappa shape index (κ2) is 10.9. The molecule has 1 rings (SSSR count). The highest BCUT2D eigenvalue weighted by molar-refractivity contribution is 7.86. The van der Waals surface area contributed by atoms with E-state index in [4.69, 9.17) is 0 Å². The highest BCUT2D eigenvalue weighted by atomic mass is 32.2. The summed E-state index contributed by atoms with van der Waals surface area (Å²) in [6.07, 6.45) is 1.97. The van der Waals surface area contributed by atoms with Crippen LogP contribution in [0.25, 0.3) is 0 Å². The van der Waals surface area contributed by atoms with E-state index < -0.39 is 10.8 Å². The van der Waals surface area contributed by atoms with E-state index in [0.717, 1.165) is 38.4 Å². The number of aliphatic imine (C=N–C) groups is 1. The molecule has 0 radical (unpaired) electrons. The van der Waals surface area contributed by atoms with Crippen LogP contribution in [0.15, 0.2) is 4.99 Å². The number of amides is 1. The monoisotopic (exact) mass is 387 g/mol.